The van der Waals surface area contributed by atoms with E-state index >= 15 is 0 Å². The highest BCUT2D eigenvalue weighted by Gasteiger charge is 2.60. The molecule has 7 rings (SSSR count). The molecule has 0 N–H and O–H groups in total. The molecule has 9 unspecified atom stereocenters. The number of ether oxygens (including phenoxy) is 16. The third-order valence-corrected chi connectivity index (χ3v) is 15.7. The summed E-state index contributed by atoms with van der Waals surface area (Å²) in [7, 11) is 0. The van der Waals surface area contributed by atoms with Crippen LogP contribution in [0.25, 0.3) is 73.1 Å². The van der Waals surface area contributed by atoms with Crippen LogP contribution in [0.2, 0.25) is 0 Å². The first-order chi connectivity index (χ1) is 48.5. The Labute approximate surface area is 569 Å². The summed E-state index contributed by atoms with van der Waals surface area (Å²) in [6.07, 6.45) is -35.5. The minimum absolute atomic E-state index is 0.0412. The molecule has 45 heteroatoms. The maximum absolute atomic E-state index is 14.1. The van der Waals surface area contributed by atoms with Crippen molar-refractivity contribution in [3.05, 3.63) is 145 Å². The smallest absolute Gasteiger partial charge is 0.338 e. The molecule has 4 heterocycles. The van der Waals surface area contributed by atoms with Crippen molar-refractivity contribution >= 4 is 47.8 Å². The molecule has 5 aliphatic rings. The Morgan fingerprint density at radius 1 is 0.376 bits per heavy atom. The van der Waals surface area contributed by atoms with Gasteiger partial charge in [-0.2, -0.15) is 0 Å². The zero-order chi connectivity index (χ0) is 73.4. The van der Waals surface area contributed by atoms with Gasteiger partial charge in [-0.3, -0.25) is 28.8 Å². The lowest BCUT2D eigenvalue weighted by Crippen LogP contribution is -2.65. The molecule has 2 aromatic rings. The summed E-state index contributed by atoms with van der Waals surface area (Å²) in [6.45, 7) is 4.19. The zero-order valence-electron chi connectivity index (χ0n) is 54.4. The molecule has 1 saturated carbocycles. The number of carbonyl (C=O) groups excluding carboxylic acids is 8. The molecule has 4 aliphatic heterocycles. The third kappa shape index (κ3) is 20.4. The molecular formula is C56H65N21O24. The number of benzene rings is 2. The highest BCUT2D eigenvalue weighted by molar-refractivity contribution is 5.90. The Kier molecular flexibility index (Phi) is 28.6. The minimum atomic E-state index is -2.22. The molecule has 2 aromatic carbocycles. The molecule has 0 spiro atoms. The lowest BCUT2D eigenvalue weighted by Gasteiger charge is -2.48. The van der Waals surface area contributed by atoms with E-state index in [-0.39, 0.29) is 11.1 Å². The van der Waals surface area contributed by atoms with Gasteiger partial charge in [-0.1, -0.05) is 79.1 Å². The van der Waals surface area contributed by atoms with Crippen LogP contribution in [0.5, 0.6) is 0 Å². The number of hydrogen-bond acceptors (Lipinski definition) is 31. The molecule has 101 heavy (non-hydrogen) atoms. The van der Waals surface area contributed by atoms with Gasteiger partial charge in [0.25, 0.3) is 0 Å². The van der Waals surface area contributed by atoms with E-state index in [1.807, 2.05) is 0 Å². The summed E-state index contributed by atoms with van der Waals surface area (Å²) in [5, 5.41) is 26.0. The van der Waals surface area contributed by atoms with E-state index in [0.717, 1.165) is 41.5 Å². The molecule has 0 bridgehead atoms. The maximum Gasteiger partial charge on any atom is 0.338 e. The van der Waals surface area contributed by atoms with Crippen LogP contribution in [0, 0.1) is 5.92 Å². The highest BCUT2D eigenvalue weighted by Crippen LogP contribution is 2.42. The van der Waals surface area contributed by atoms with E-state index in [0.29, 0.717) is 0 Å². The molecule has 1 aliphatic carbocycles. The third-order valence-electron chi connectivity index (χ3n) is 15.7. The average molecular weight is 1420 g/mol. The molecule has 0 radical (unpaired) electrons. The van der Waals surface area contributed by atoms with Crippen molar-refractivity contribution in [1.29, 1.82) is 0 Å². The summed E-state index contributed by atoms with van der Waals surface area (Å²) in [5.74, 6) is -9.40. The summed E-state index contributed by atoms with van der Waals surface area (Å²) < 4.78 is 98.1. The van der Waals surface area contributed by atoms with Crippen molar-refractivity contribution in [3.8, 4) is 0 Å². The average Bonchev–Trinajstić information content (AvgIpc) is 1.70. The van der Waals surface area contributed by atoms with Gasteiger partial charge in [0.1, 0.15) is 60.9 Å². The first kappa shape index (κ1) is 77.4. The van der Waals surface area contributed by atoms with Crippen molar-refractivity contribution in [2.45, 2.75) is 196 Å². The number of esters is 8. The van der Waals surface area contributed by atoms with Gasteiger partial charge < -0.3 is 75.8 Å². The predicted molar refractivity (Wildman–Crippen MR) is 327 cm³/mol. The quantitative estimate of drug-likeness (QED) is 0.0266. The van der Waals surface area contributed by atoms with Crippen LogP contribution in [-0.2, 0) is 105 Å². The van der Waals surface area contributed by atoms with Gasteiger partial charge in [0, 0.05) is 81.8 Å². The van der Waals surface area contributed by atoms with Crippen LogP contribution in [0.1, 0.15) is 75.6 Å². The first-order valence-electron chi connectivity index (χ1n) is 30.4. The first-order valence-corrected chi connectivity index (χ1v) is 30.4. The summed E-state index contributed by atoms with van der Waals surface area (Å²) >= 11 is 0. The number of nitrogens with zero attached hydrogens (tertiary/aromatic N) is 21. The molecule has 5 fully saturated rings. The molecule has 0 aromatic heterocycles. The Hall–Kier alpha value is -10.9. The number of carbonyl (C=O) groups is 8. The predicted octanol–water partition coefficient (Wildman–Crippen LogP) is 6.79. The van der Waals surface area contributed by atoms with E-state index in [2.05, 4.69) is 70.2 Å². The second-order valence-electron chi connectivity index (χ2n) is 22.5. The van der Waals surface area contributed by atoms with Crippen molar-refractivity contribution < 1.29 is 114 Å². The van der Waals surface area contributed by atoms with Gasteiger partial charge in [0.2, 0.25) is 0 Å². The topological polar surface area (TPSA) is 626 Å². The van der Waals surface area contributed by atoms with Gasteiger partial charge in [-0.25, -0.2) is 9.59 Å². The monoisotopic (exact) mass is 1420 g/mol. The SMILES string of the molecule is CC(=O)OC1[C@H](O[C@@H]2C(OC(C)=O)[C@H](N=[N+]=[N-])CC(N=[N+]=[N-])[C@@H]2O[C@@H]2OC(CN=[N+]=[N-])[C@H](OC(C)=O)[C@H](OC(C)=O)C2N=[N+]=[N-])O[C@H](CO[C@@H]2OC(CN=[N+]=[N-])[C@H](OC(=O)c3ccccc3)[C@H](OC(=O)c3ccccc3)C2C)[C@@H]1O[C@H]1O[C@@H](CN=[N+]=[N-])[C@@H](OC(C)=O)C(OC(C)=O)C1N=[N+]=[N-]. The second-order valence-corrected chi connectivity index (χ2v) is 22.5. The molecule has 0 amide bonds. The van der Waals surface area contributed by atoms with Crippen molar-refractivity contribution in [2.75, 3.05) is 26.2 Å². The van der Waals surface area contributed by atoms with Gasteiger partial charge in [-0.05, 0) is 69.4 Å². The van der Waals surface area contributed by atoms with Crippen LogP contribution in [-0.4, -0.2) is 215 Å². The Bertz CT molecular complexity index is 3680. The summed E-state index contributed by atoms with van der Waals surface area (Å²) in [6, 6.07) is 8.09. The van der Waals surface area contributed by atoms with E-state index in [9.17, 15) is 77.1 Å². The van der Waals surface area contributed by atoms with Crippen LogP contribution >= 0.6 is 0 Å². The molecule has 45 nitrogen and oxygen atoms in total. The zero-order valence-corrected chi connectivity index (χ0v) is 54.4. The van der Waals surface area contributed by atoms with Crippen LogP contribution in [0.15, 0.2) is 96.5 Å². The molecule has 24 atom stereocenters. The van der Waals surface area contributed by atoms with E-state index in [4.69, 9.17) is 75.8 Å². The fourth-order valence-corrected chi connectivity index (χ4v) is 11.8. The molecule has 538 valence electrons. The van der Waals surface area contributed by atoms with Crippen LogP contribution in [0.3, 0.4) is 0 Å². The number of hydrogen-bond donors (Lipinski definition) is 0. The highest BCUT2D eigenvalue weighted by atomic mass is 16.8. The Morgan fingerprint density at radius 3 is 1.14 bits per heavy atom. The van der Waals surface area contributed by atoms with E-state index in [1.54, 1.807) is 36.4 Å². The van der Waals surface area contributed by atoms with E-state index in [1.165, 1.54) is 31.2 Å². The van der Waals surface area contributed by atoms with Gasteiger partial charge in [-0.15, -0.1) is 0 Å². The van der Waals surface area contributed by atoms with Crippen molar-refractivity contribution in [3.63, 3.8) is 0 Å². The summed E-state index contributed by atoms with van der Waals surface area (Å²) in [5.41, 5.74) is 68.9. The lowest BCUT2D eigenvalue weighted by atomic mass is 9.83. The van der Waals surface area contributed by atoms with Crippen molar-refractivity contribution in [1.82, 2.24) is 0 Å². The Balaban J connectivity index is 1.41. The molecule has 4 saturated heterocycles. The standard InChI is InChI=1S/C56H65N21O24/c1-23-40(97-51(84)30-14-10-8-11-15-30)43(98-52(85)31-16-12-9-13-17-31)34(19-64-71-57)93-53(23)86-22-37-46(100-55-39(70-77-63)48(91-28(6)82)45(89-26(4)80)36(95-55)21-66-73-59)50(92-29(7)83)56(96-37)101-49-41(87-24(2)78)32(67-74-60)18-33(68-75-61)42(49)99-54-38(69-76-62)47(90-27(5)81)44(88-25(3)79)35(94-54)20-65-72-58/h8-17,23,32-50,53-56H,18-22H2,1-7H3/t23?,32-,33?,34?,35?,36+,37-,38?,39?,40-,41?,42+,43+,44+,45-,46+,47-,48?,49-,50?,53-,54+,55-,56+/m1/s1. The Morgan fingerprint density at radius 2 is 0.723 bits per heavy atom. The molecular weight excluding hydrogens is 1350 g/mol. The fourth-order valence-electron chi connectivity index (χ4n) is 11.8. The van der Waals surface area contributed by atoms with Gasteiger partial charge in [0.05, 0.1) is 55.6 Å². The largest absolute Gasteiger partial charge is 0.459 e. The minimum Gasteiger partial charge on any atom is -0.459 e. The van der Waals surface area contributed by atoms with Crippen molar-refractivity contribution in [2.24, 2.45) is 41.7 Å². The number of azide groups is 7. The second kappa shape index (κ2) is 37.3. The summed E-state index contributed by atoms with van der Waals surface area (Å²) in [4.78, 5) is 126. The maximum atomic E-state index is 14.1. The lowest BCUT2D eigenvalue weighted by molar-refractivity contribution is -0.310. The van der Waals surface area contributed by atoms with Crippen LogP contribution < -0.4 is 0 Å². The van der Waals surface area contributed by atoms with E-state index < -0.39 is 227 Å². The van der Waals surface area contributed by atoms with Crippen LogP contribution in [0.4, 0.5) is 0 Å². The normalized spacial score (nSPS) is 32.3. The number of rotatable bonds is 29. The van der Waals surface area contributed by atoms with Gasteiger partial charge in [0.15, 0.2) is 61.8 Å². The fraction of sp³-hybridized carbons (Fsp3) is 0.643. The van der Waals surface area contributed by atoms with Gasteiger partial charge >= 0.3 is 47.8 Å².